The molecule has 3 aliphatic heterocycles. The number of halogens is 1. The molecule has 0 saturated carbocycles. The number of pyridine rings is 1. The molecular weight excluding hydrogens is 532 g/mol. The molecule has 2 unspecified atom stereocenters. The maximum atomic E-state index is 13.4. The van der Waals surface area contributed by atoms with Crippen LogP contribution in [0.3, 0.4) is 0 Å². The van der Waals surface area contributed by atoms with Crippen LogP contribution in [0.5, 0.6) is 0 Å². The van der Waals surface area contributed by atoms with E-state index in [0.717, 1.165) is 51.7 Å². The number of ether oxygens (including phenoxy) is 3. The summed E-state index contributed by atoms with van der Waals surface area (Å²) in [6.45, 7) is 9.06. The number of rotatable bonds is 3. The number of fused-ring (bicyclic) bond motifs is 2. The molecule has 2 saturated heterocycles. The smallest absolute Gasteiger partial charge is 0.410 e. The van der Waals surface area contributed by atoms with Crippen molar-refractivity contribution in [2.75, 3.05) is 39.5 Å². The minimum Gasteiger partial charge on any atom is -0.444 e. The van der Waals surface area contributed by atoms with E-state index in [1.54, 1.807) is 11.1 Å². The van der Waals surface area contributed by atoms with Gasteiger partial charge in [0, 0.05) is 49.6 Å². The van der Waals surface area contributed by atoms with Crippen molar-refractivity contribution in [1.29, 1.82) is 0 Å². The summed E-state index contributed by atoms with van der Waals surface area (Å²) in [5.41, 5.74) is 5.23. The molecule has 1 N–H and O–H groups in total. The highest BCUT2D eigenvalue weighted by atomic mass is 35.5. The number of H-pyrrole nitrogens is 1. The van der Waals surface area contributed by atoms with E-state index in [9.17, 15) is 9.59 Å². The van der Waals surface area contributed by atoms with Crippen LogP contribution in [0.1, 0.15) is 49.9 Å². The SMILES string of the molecule is CC(C)(C)OC(=O)N1CCOCC1c1cc(-c2cnc3[nH]cc(Cl)c3c2)cc2c1CN(C(=O)C1CCOC1)CC2. The molecule has 0 aliphatic carbocycles. The highest BCUT2D eigenvalue weighted by molar-refractivity contribution is 6.35. The van der Waals surface area contributed by atoms with Crippen molar-refractivity contribution in [3.05, 3.63) is 52.3 Å². The minimum atomic E-state index is -0.620. The van der Waals surface area contributed by atoms with Crippen LogP contribution in [0.4, 0.5) is 4.79 Å². The lowest BCUT2D eigenvalue weighted by molar-refractivity contribution is -0.136. The highest BCUT2D eigenvalue weighted by Crippen LogP contribution is 2.38. The molecule has 10 heteroatoms. The molecule has 0 bridgehead atoms. The maximum Gasteiger partial charge on any atom is 0.410 e. The van der Waals surface area contributed by atoms with E-state index in [1.807, 2.05) is 37.9 Å². The fourth-order valence-corrected chi connectivity index (χ4v) is 6.07. The molecule has 0 spiro atoms. The summed E-state index contributed by atoms with van der Waals surface area (Å²) in [7, 11) is 0. The van der Waals surface area contributed by atoms with Gasteiger partial charge in [-0.05, 0) is 68.0 Å². The Kier molecular flexibility index (Phi) is 7.23. The van der Waals surface area contributed by atoms with Gasteiger partial charge in [0.05, 0.1) is 36.8 Å². The van der Waals surface area contributed by atoms with Gasteiger partial charge in [-0.25, -0.2) is 9.78 Å². The van der Waals surface area contributed by atoms with Crippen LogP contribution in [0.25, 0.3) is 22.2 Å². The number of nitrogens with one attached hydrogen (secondary N) is 1. The largest absolute Gasteiger partial charge is 0.444 e. The number of nitrogens with zero attached hydrogens (tertiary/aromatic N) is 3. The second-order valence-corrected chi connectivity index (χ2v) is 12.2. The Morgan fingerprint density at radius 1 is 1.10 bits per heavy atom. The lowest BCUT2D eigenvalue weighted by Gasteiger charge is -2.40. The van der Waals surface area contributed by atoms with Crippen molar-refractivity contribution in [2.24, 2.45) is 5.92 Å². The number of hydrogen-bond donors (Lipinski definition) is 1. The van der Waals surface area contributed by atoms with Crippen molar-refractivity contribution < 1.29 is 23.8 Å². The number of benzene rings is 1. The van der Waals surface area contributed by atoms with Gasteiger partial charge in [0.2, 0.25) is 5.91 Å². The number of aromatic nitrogens is 2. The quantitative estimate of drug-likeness (QED) is 0.473. The molecule has 6 rings (SSSR count). The lowest BCUT2D eigenvalue weighted by Crippen LogP contribution is -2.46. The molecule has 0 radical (unpaired) electrons. The molecule has 9 nitrogen and oxygen atoms in total. The van der Waals surface area contributed by atoms with Gasteiger partial charge in [0.25, 0.3) is 0 Å². The molecule has 2 amide bonds. The molecule has 1 aromatic carbocycles. The molecule has 3 aromatic rings. The van der Waals surface area contributed by atoms with Gasteiger partial charge in [0.1, 0.15) is 11.2 Å². The van der Waals surface area contributed by atoms with Crippen molar-refractivity contribution in [2.45, 2.75) is 51.8 Å². The summed E-state index contributed by atoms with van der Waals surface area (Å²) in [6, 6.07) is 5.99. The van der Waals surface area contributed by atoms with Gasteiger partial charge in [-0.2, -0.15) is 0 Å². The molecule has 3 aliphatic rings. The van der Waals surface area contributed by atoms with Crippen molar-refractivity contribution >= 4 is 34.6 Å². The number of carbonyl (C=O) groups is 2. The van der Waals surface area contributed by atoms with Crippen LogP contribution in [0, 0.1) is 5.92 Å². The average molecular weight is 567 g/mol. The Morgan fingerprint density at radius 3 is 2.70 bits per heavy atom. The zero-order chi connectivity index (χ0) is 28.0. The summed E-state index contributed by atoms with van der Waals surface area (Å²) in [5.74, 6) is 0.0447. The third kappa shape index (κ3) is 5.30. The maximum absolute atomic E-state index is 13.4. The molecule has 2 aromatic heterocycles. The van der Waals surface area contributed by atoms with Gasteiger partial charge in [-0.1, -0.05) is 17.7 Å². The predicted octanol–water partition coefficient (Wildman–Crippen LogP) is 5.11. The van der Waals surface area contributed by atoms with Crippen LogP contribution in [-0.4, -0.2) is 76.9 Å². The van der Waals surface area contributed by atoms with Crippen LogP contribution >= 0.6 is 11.6 Å². The van der Waals surface area contributed by atoms with Gasteiger partial charge < -0.3 is 24.1 Å². The standard InChI is InChI=1S/C30H35ClN4O5/c1-30(2,3)40-29(37)35-7-9-39-17-26(35)22-11-20(21-12-23-25(31)14-33-27(23)32-13-21)10-18-4-6-34(15-24(18)22)28(36)19-5-8-38-16-19/h10-14,19,26H,4-9,15-17H2,1-3H3,(H,32,33). The van der Waals surface area contributed by atoms with E-state index in [4.69, 9.17) is 25.8 Å². The first-order valence-electron chi connectivity index (χ1n) is 13.9. The van der Waals surface area contributed by atoms with Gasteiger partial charge in [0.15, 0.2) is 0 Å². The summed E-state index contributed by atoms with van der Waals surface area (Å²) in [5, 5.41) is 1.47. The van der Waals surface area contributed by atoms with E-state index < -0.39 is 5.60 Å². The van der Waals surface area contributed by atoms with E-state index in [0.29, 0.717) is 51.1 Å². The van der Waals surface area contributed by atoms with Crippen molar-refractivity contribution in [1.82, 2.24) is 19.8 Å². The third-order valence-corrected chi connectivity index (χ3v) is 8.21. The topological polar surface area (TPSA) is 97.0 Å². The zero-order valence-electron chi connectivity index (χ0n) is 23.2. The van der Waals surface area contributed by atoms with Gasteiger partial charge in [-0.15, -0.1) is 0 Å². The normalized spacial score (nSPS) is 21.5. The van der Waals surface area contributed by atoms with Crippen LogP contribution in [0.2, 0.25) is 5.02 Å². The number of hydrogen-bond acceptors (Lipinski definition) is 6. The van der Waals surface area contributed by atoms with Crippen LogP contribution in [0.15, 0.2) is 30.6 Å². The average Bonchev–Trinajstić information content (AvgIpc) is 3.61. The van der Waals surface area contributed by atoms with Crippen molar-refractivity contribution in [3.8, 4) is 11.1 Å². The Balaban J connectivity index is 1.42. The summed E-state index contributed by atoms with van der Waals surface area (Å²) < 4.78 is 17.2. The lowest BCUT2D eigenvalue weighted by atomic mass is 9.86. The van der Waals surface area contributed by atoms with Crippen LogP contribution in [-0.2, 0) is 32.0 Å². The van der Waals surface area contributed by atoms with E-state index in [2.05, 4.69) is 22.1 Å². The number of amides is 2. The number of morpholine rings is 1. The zero-order valence-corrected chi connectivity index (χ0v) is 23.9. The second kappa shape index (κ2) is 10.7. The van der Waals surface area contributed by atoms with Gasteiger partial charge >= 0.3 is 6.09 Å². The predicted molar refractivity (Wildman–Crippen MR) is 151 cm³/mol. The number of aromatic amines is 1. The second-order valence-electron chi connectivity index (χ2n) is 11.8. The van der Waals surface area contributed by atoms with E-state index >= 15 is 0 Å². The Morgan fingerprint density at radius 2 is 1.93 bits per heavy atom. The summed E-state index contributed by atoms with van der Waals surface area (Å²) in [6.07, 6.45) is 4.68. The Labute approximate surface area is 238 Å². The molecule has 2 fully saturated rings. The molecule has 40 heavy (non-hydrogen) atoms. The first-order valence-corrected chi connectivity index (χ1v) is 14.3. The first-order chi connectivity index (χ1) is 19.2. The fraction of sp³-hybridized carbons (Fsp3) is 0.500. The summed E-state index contributed by atoms with van der Waals surface area (Å²) >= 11 is 6.41. The van der Waals surface area contributed by atoms with Crippen LogP contribution < -0.4 is 0 Å². The van der Waals surface area contributed by atoms with Gasteiger partial charge in [-0.3, -0.25) is 9.69 Å². The molecule has 212 valence electrons. The molecule has 2 atom stereocenters. The first kappa shape index (κ1) is 27.1. The fourth-order valence-electron chi connectivity index (χ4n) is 5.87. The van der Waals surface area contributed by atoms with E-state index in [-0.39, 0.29) is 24.0 Å². The van der Waals surface area contributed by atoms with Crippen molar-refractivity contribution in [3.63, 3.8) is 0 Å². The molecular formula is C30H35ClN4O5. The van der Waals surface area contributed by atoms with E-state index in [1.165, 1.54) is 0 Å². The Bertz CT molecular complexity index is 1440. The third-order valence-electron chi connectivity index (χ3n) is 7.90. The number of carbonyl (C=O) groups excluding carboxylic acids is 2. The minimum absolute atomic E-state index is 0.0931. The molecule has 5 heterocycles. The Hall–Kier alpha value is -3.14. The monoisotopic (exact) mass is 566 g/mol. The highest BCUT2D eigenvalue weighted by Gasteiger charge is 2.37. The summed E-state index contributed by atoms with van der Waals surface area (Å²) in [4.78, 5) is 38.1.